The van der Waals surface area contributed by atoms with Gasteiger partial charge in [-0.2, -0.15) is 0 Å². The SMILES string of the molecule is O=C(CCC(=O)N1CCOCC1)N[C@H]1CCN(Cc2ccccc2)C1. The van der Waals surface area contributed by atoms with Crippen molar-refractivity contribution in [2.75, 3.05) is 39.4 Å². The molecule has 0 spiro atoms. The molecule has 0 bridgehead atoms. The van der Waals surface area contributed by atoms with Crippen LogP contribution in [-0.2, 0) is 20.9 Å². The summed E-state index contributed by atoms with van der Waals surface area (Å²) in [5, 5.41) is 3.08. The molecule has 2 amide bonds. The Balaban J connectivity index is 1.35. The summed E-state index contributed by atoms with van der Waals surface area (Å²) < 4.78 is 5.24. The lowest BCUT2D eigenvalue weighted by Crippen LogP contribution is -2.41. The molecule has 0 saturated carbocycles. The molecule has 2 heterocycles. The Kier molecular flexibility index (Phi) is 6.42. The smallest absolute Gasteiger partial charge is 0.223 e. The van der Waals surface area contributed by atoms with Crippen molar-refractivity contribution >= 4 is 11.8 Å². The highest BCUT2D eigenvalue weighted by molar-refractivity contribution is 5.84. The monoisotopic (exact) mass is 345 g/mol. The topological polar surface area (TPSA) is 61.9 Å². The van der Waals surface area contributed by atoms with Gasteiger partial charge in [0.25, 0.3) is 0 Å². The molecule has 2 fully saturated rings. The van der Waals surface area contributed by atoms with Crippen LogP contribution in [-0.4, -0.2) is 67.0 Å². The van der Waals surface area contributed by atoms with Gasteiger partial charge in [-0.1, -0.05) is 30.3 Å². The standard InChI is InChI=1S/C19H27N3O3/c23-18(6-7-19(24)22-10-12-25-13-11-22)20-17-8-9-21(15-17)14-16-4-2-1-3-5-16/h1-5,17H,6-15H2,(H,20,23)/t17-/m0/s1. The summed E-state index contributed by atoms with van der Waals surface area (Å²) in [5.74, 6) is 0.0312. The summed E-state index contributed by atoms with van der Waals surface area (Å²) in [6.07, 6.45) is 1.52. The van der Waals surface area contributed by atoms with Gasteiger partial charge in [0.1, 0.15) is 0 Å². The maximum absolute atomic E-state index is 12.1. The van der Waals surface area contributed by atoms with Gasteiger partial charge in [-0.15, -0.1) is 0 Å². The third-order valence-electron chi connectivity index (χ3n) is 4.82. The fourth-order valence-electron chi connectivity index (χ4n) is 3.43. The Morgan fingerprint density at radius 1 is 1.08 bits per heavy atom. The fraction of sp³-hybridized carbons (Fsp3) is 0.579. The first-order chi connectivity index (χ1) is 12.2. The van der Waals surface area contributed by atoms with Crippen molar-refractivity contribution in [1.29, 1.82) is 0 Å². The van der Waals surface area contributed by atoms with Crippen LogP contribution in [0.15, 0.2) is 30.3 Å². The van der Waals surface area contributed by atoms with Crippen LogP contribution in [0.25, 0.3) is 0 Å². The highest BCUT2D eigenvalue weighted by Gasteiger charge is 2.24. The average molecular weight is 345 g/mol. The van der Waals surface area contributed by atoms with E-state index >= 15 is 0 Å². The van der Waals surface area contributed by atoms with Crippen LogP contribution in [0.3, 0.4) is 0 Å². The molecule has 1 aromatic carbocycles. The van der Waals surface area contributed by atoms with Crippen LogP contribution >= 0.6 is 0 Å². The summed E-state index contributed by atoms with van der Waals surface area (Å²) in [4.78, 5) is 28.3. The number of ether oxygens (including phenoxy) is 1. The minimum Gasteiger partial charge on any atom is -0.378 e. The fourth-order valence-corrected chi connectivity index (χ4v) is 3.43. The number of benzene rings is 1. The largest absolute Gasteiger partial charge is 0.378 e. The minimum atomic E-state index is -0.0202. The normalized spacial score (nSPS) is 21.3. The number of carbonyl (C=O) groups excluding carboxylic acids is 2. The van der Waals surface area contributed by atoms with Crippen molar-refractivity contribution in [3.8, 4) is 0 Å². The molecule has 2 aliphatic rings. The van der Waals surface area contributed by atoms with Gasteiger partial charge in [-0.05, 0) is 12.0 Å². The van der Waals surface area contributed by atoms with Crippen molar-refractivity contribution in [2.24, 2.45) is 0 Å². The zero-order valence-electron chi connectivity index (χ0n) is 14.7. The molecule has 1 N–H and O–H groups in total. The molecule has 136 valence electrons. The summed E-state index contributed by atoms with van der Waals surface area (Å²) in [6.45, 7) is 5.25. The van der Waals surface area contributed by atoms with E-state index < -0.39 is 0 Å². The average Bonchev–Trinajstić information content (AvgIpc) is 3.08. The van der Waals surface area contributed by atoms with Gasteiger partial charge in [0.2, 0.25) is 11.8 Å². The number of carbonyl (C=O) groups is 2. The second-order valence-corrected chi connectivity index (χ2v) is 6.77. The predicted octanol–water partition coefficient (Wildman–Crippen LogP) is 1.02. The Bertz CT molecular complexity index is 573. The Morgan fingerprint density at radius 2 is 1.84 bits per heavy atom. The number of likely N-dealkylation sites (tertiary alicyclic amines) is 1. The first kappa shape index (κ1) is 17.9. The first-order valence-corrected chi connectivity index (χ1v) is 9.12. The van der Waals surface area contributed by atoms with E-state index in [0.29, 0.717) is 26.3 Å². The zero-order chi connectivity index (χ0) is 17.5. The van der Waals surface area contributed by atoms with Crippen LogP contribution < -0.4 is 5.32 Å². The van der Waals surface area contributed by atoms with E-state index in [4.69, 9.17) is 4.74 Å². The lowest BCUT2D eigenvalue weighted by Gasteiger charge is -2.26. The van der Waals surface area contributed by atoms with Crippen molar-refractivity contribution < 1.29 is 14.3 Å². The van der Waals surface area contributed by atoms with E-state index in [0.717, 1.165) is 26.1 Å². The van der Waals surface area contributed by atoms with Crippen LogP contribution in [0, 0.1) is 0 Å². The molecule has 6 nitrogen and oxygen atoms in total. The van der Waals surface area contributed by atoms with Gasteiger partial charge in [0.05, 0.1) is 13.2 Å². The third kappa shape index (κ3) is 5.54. The Hall–Kier alpha value is -1.92. The van der Waals surface area contributed by atoms with E-state index in [1.807, 2.05) is 6.07 Å². The van der Waals surface area contributed by atoms with Gasteiger partial charge >= 0.3 is 0 Å². The molecule has 6 heteroatoms. The number of amides is 2. The molecule has 2 aliphatic heterocycles. The number of nitrogens with one attached hydrogen (secondary N) is 1. The van der Waals surface area contributed by atoms with E-state index in [9.17, 15) is 9.59 Å². The number of hydrogen-bond donors (Lipinski definition) is 1. The van der Waals surface area contributed by atoms with Crippen LogP contribution in [0.4, 0.5) is 0 Å². The van der Waals surface area contributed by atoms with Gasteiger partial charge in [-0.3, -0.25) is 14.5 Å². The van der Waals surface area contributed by atoms with Crippen molar-refractivity contribution in [3.63, 3.8) is 0 Å². The van der Waals surface area contributed by atoms with E-state index in [1.54, 1.807) is 4.90 Å². The summed E-state index contributed by atoms with van der Waals surface area (Å²) >= 11 is 0. The molecule has 0 radical (unpaired) electrons. The van der Waals surface area contributed by atoms with Crippen molar-refractivity contribution in [2.45, 2.75) is 31.8 Å². The van der Waals surface area contributed by atoms with Gasteiger partial charge in [0.15, 0.2) is 0 Å². The number of hydrogen-bond acceptors (Lipinski definition) is 4. The predicted molar refractivity (Wildman–Crippen MR) is 94.9 cm³/mol. The summed E-state index contributed by atoms with van der Waals surface area (Å²) in [7, 11) is 0. The minimum absolute atomic E-state index is 0.0202. The Morgan fingerprint density at radius 3 is 2.60 bits per heavy atom. The molecule has 25 heavy (non-hydrogen) atoms. The molecule has 2 saturated heterocycles. The van der Waals surface area contributed by atoms with E-state index in [2.05, 4.69) is 34.5 Å². The molecular formula is C19H27N3O3. The van der Waals surface area contributed by atoms with Crippen molar-refractivity contribution in [1.82, 2.24) is 15.1 Å². The molecule has 0 aliphatic carbocycles. The lowest BCUT2D eigenvalue weighted by atomic mass is 10.2. The molecular weight excluding hydrogens is 318 g/mol. The first-order valence-electron chi connectivity index (χ1n) is 9.12. The second-order valence-electron chi connectivity index (χ2n) is 6.77. The maximum Gasteiger partial charge on any atom is 0.223 e. The van der Waals surface area contributed by atoms with Crippen molar-refractivity contribution in [3.05, 3.63) is 35.9 Å². The van der Waals surface area contributed by atoms with Gasteiger partial charge in [0, 0.05) is 51.6 Å². The van der Waals surface area contributed by atoms with E-state index in [-0.39, 0.29) is 30.7 Å². The highest BCUT2D eigenvalue weighted by Crippen LogP contribution is 2.13. The maximum atomic E-state index is 12.1. The molecule has 1 atom stereocenters. The molecule has 0 aromatic heterocycles. The van der Waals surface area contributed by atoms with Crippen LogP contribution in [0.5, 0.6) is 0 Å². The second kappa shape index (κ2) is 8.97. The Labute approximate surface area is 149 Å². The van der Waals surface area contributed by atoms with E-state index in [1.165, 1.54) is 5.56 Å². The third-order valence-corrected chi connectivity index (χ3v) is 4.82. The van der Waals surface area contributed by atoms with Crippen LogP contribution in [0.1, 0.15) is 24.8 Å². The number of nitrogens with zero attached hydrogens (tertiary/aromatic N) is 2. The quantitative estimate of drug-likeness (QED) is 0.836. The van der Waals surface area contributed by atoms with Crippen LogP contribution in [0.2, 0.25) is 0 Å². The molecule has 3 rings (SSSR count). The lowest BCUT2D eigenvalue weighted by molar-refractivity contribution is -0.137. The molecule has 0 unspecified atom stereocenters. The zero-order valence-corrected chi connectivity index (χ0v) is 14.7. The number of morpholine rings is 1. The molecule has 1 aromatic rings. The van der Waals surface area contributed by atoms with Gasteiger partial charge < -0.3 is 15.0 Å². The highest BCUT2D eigenvalue weighted by atomic mass is 16.5. The summed E-state index contributed by atoms with van der Waals surface area (Å²) in [6, 6.07) is 10.6. The number of rotatable bonds is 6. The van der Waals surface area contributed by atoms with Gasteiger partial charge in [-0.25, -0.2) is 0 Å². The summed E-state index contributed by atoms with van der Waals surface area (Å²) in [5.41, 5.74) is 1.30.